The van der Waals surface area contributed by atoms with Crippen molar-refractivity contribution in [2.45, 2.75) is 45.1 Å². The first kappa shape index (κ1) is 12.4. The second kappa shape index (κ2) is 5.10. The fourth-order valence-electron chi connectivity index (χ4n) is 2.94. The zero-order valence-electron chi connectivity index (χ0n) is 10.6. The Kier molecular flexibility index (Phi) is 3.73. The summed E-state index contributed by atoms with van der Waals surface area (Å²) in [6, 6.07) is 0.159. The van der Waals surface area contributed by atoms with Crippen molar-refractivity contribution in [3.63, 3.8) is 0 Å². The van der Waals surface area contributed by atoms with Gasteiger partial charge in [0.25, 0.3) is 0 Å². The molecule has 2 N–H and O–H groups in total. The van der Waals surface area contributed by atoms with Crippen LogP contribution in [-0.4, -0.2) is 25.0 Å². The summed E-state index contributed by atoms with van der Waals surface area (Å²) in [5, 5.41) is 6.45. The van der Waals surface area contributed by atoms with Crippen LogP contribution in [0.15, 0.2) is 0 Å². The molecular weight excluding hydrogens is 212 g/mol. The van der Waals surface area contributed by atoms with Crippen molar-refractivity contribution in [1.82, 2.24) is 10.6 Å². The zero-order chi connectivity index (χ0) is 12.3. The van der Waals surface area contributed by atoms with Crippen LogP contribution in [0.1, 0.15) is 39.0 Å². The highest BCUT2D eigenvalue weighted by atomic mass is 16.2. The van der Waals surface area contributed by atoms with E-state index < -0.39 is 0 Å². The number of hydrogen-bond acceptors (Lipinski definition) is 2. The third-order valence-corrected chi connectivity index (χ3v) is 4.31. The first-order chi connectivity index (χ1) is 8.22. The largest absolute Gasteiger partial charge is 0.352 e. The minimum Gasteiger partial charge on any atom is -0.352 e. The molecule has 0 aromatic carbocycles. The lowest BCUT2D eigenvalue weighted by Crippen LogP contribution is -2.38. The third kappa shape index (κ3) is 2.63. The summed E-state index contributed by atoms with van der Waals surface area (Å²) < 4.78 is 0. The third-order valence-electron chi connectivity index (χ3n) is 4.31. The quantitative estimate of drug-likeness (QED) is 0.720. The lowest BCUT2D eigenvalue weighted by atomic mass is 9.91. The van der Waals surface area contributed by atoms with Gasteiger partial charge in [-0.25, -0.2) is 0 Å². The van der Waals surface area contributed by atoms with Crippen molar-refractivity contribution in [3.05, 3.63) is 0 Å². The number of amides is 1. The van der Waals surface area contributed by atoms with Crippen molar-refractivity contribution in [2.24, 2.45) is 11.3 Å². The maximum Gasteiger partial charge on any atom is 0.223 e. The maximum absolute atomic E-state index is 12.1. The molecule has 1 saturated heterocycles. The van der Waals surface area contributed by atoms with Crippen molar-refractivity contribution >= 4 is 5.91 Å². The molecule has 2 fully saturated rings. The summed E-state index contributed by atoms with van der Waals surface area (Å²) in [7, 11) is 0. The molecule has 2 unspecified atom stereocenters. The van der Waals surface area contributed by atoms with Crippen molar-refractivity contribution < 1.29 is 4.79 Å². The lowest BCUT2D eigenvalue weighted by molar-refractivity contribution is -0.124. The average Bonchev–Trinajstić information content (AvgIpc) is 3.03. The molecule has 1 saturated carbocycles. The molecule has 0 radical (unpaired) electrons. The highest BCUT2D eigenvalue weighted by Gasteiger charge is 2.57. The first-order valence-corrected chi connectivity index (χ1v) is 6.66. The molecule has 1 amide bonds. The molecule has 1 aliphatic heterocycles. The van der Waals surface area contributed by atoms with Crippen LogP contribution in [0.3, 0.4) is 0 Å². The van der Waals surface area contributed by atoms with E-state index in [1.165, 1.54) is 0 Å². The van der Waals surface area contributed by atoms with Gasteiger partial charge in [-0.05, 0) is 44.2 Å². The van der Waals surface area contributed by atoms with Crippen molar-refractivity contribution in [1.29, 1.82) is 0 Å². The van der Waals surface area contributed by atoms with Gasteiger partial charge in [0.1, 0.15) is 0 Å². The predicted molar refractivity (Wildman–Crippen MR) is 68.3 cm³/mol. The molecule has 0 aromatic rings. The van der Waals surface area contributed by atoms with E-state index in [1.54, 1.807) is 0 Å². The molecule has 3 heteroatoms. The number of hydrogen-bond donors (Lipinski definition) is 2. The Morgan fingerprint density at radius 1 is 1.59 bits per heavy atom. The van der Waals surface area contributed by atoms with Crippen LogP contribution in [0, 0.1) is 23.7 Å². The monoisotopic (exact) mass is 234 g/mol. The number of terminal acetylenes is 1. The van der Waals surface area contributed by atoms with Gasteiger partial charge < -0.3 is 10.6 Å². The maximum atomic E-state index is 12.1. The van der Waals surface area contributed by atoms with Gasteiger partial charge in [0.05, 0.1) is 0 Å². The Hall–Kier alpha value is -1.01. The summed E-state index contributed by atoms with van der Waals surface area (Å²) in [5.41, 5.74) is 0.323. The Labute approximate surface area is 104 Å². The highest BCUT2D eigenvalue weighted by Crippen LogP contribution is 2.58. The molecule has 1 spiro atoms. The topological polar surface area (TPSA) is 41.1 Å². The highest BCUT2D eigenvalue weighted by molar-refractivity contribution is 5.82. The SMILES string of the molecule is C#CCC(CC)NC(=O)C1CC12CCNCC2. The Morgan fingerprint density at radius 2 is 2.29 bits per heavy atom. The Morgan fingerprint density at radius 3 is 2.88 bits per heavy atom. The fourth-order valence-corrected chi connectivity index (χ4v) is 2.94. The molecule has 1 heterocycles. The molecule has 2 aliphatic rings. The minimum atomic E-state index is 0.159. The predicted octanol–water partition coefficient (Wildman–Crippen LogP) is 1.29. The van der Waals surface area contributed by atoms with E-state index in [-0.39, 0.29) is 17.9 Å². The van der Waals surface area contributed by atoms with E-state index >= 15 is 0 Å². The first-order valence-electron chi connectivity index (χ1n) is 6.66. The molecule has 17 heavy (non-hydrogen) atoms. The van der Waals surface area contributed by atoms with Crippen molar-refractivity contribution in [2.75, 3.05) is 13.1 Å². The minimum absolute atomic E-state index is 0.159. The Balaban J connectivity index is 1.84. The zero-order valence-corrected chi connectivity index (χ0v) is 10.6. The van der Waals surface area contributed by atoms with E-state index in [0.717, 1.165) is 38.8 Å². The number of carbonyl (C=O) groups excluding carboxylic acids is 1. The van der Waals surface area contributed by atoms with Crippen LogP contribution in [0.2, 0.25) is 0 Å². The summed E-state index contributed by atoms with van der Waals surface area (Å²) in [6.45, 7) is 4.19. The van der Waals surface area contributed by atoms with Gasteiger partial charge in [0, 0.05) is 18.4 Å². The van der Waals surface area contributed by atoms with E-state index in [9.17, 15) is 4.79 Å². The van der Waals surface area contributed by atoms with Crippen LogP contribution in [0.4, 0.5) is 0 Å². The summed E-state index contributed by atoms with van der Waals surface area (Å²) in [5.74, 6) is 3.11. The van der Waals surface area contributed by atoms with Gasteiger partial charge >= 0.3 is 0 Å². The van der Waals surface area contributed by atoms with Crippen LogP contribution >= 0.6 is 0 Å². The summed E-state index contributed by atoms with van der Waals surface area (Å²) in [6.07, 6.45) is 10.2. The van der Waals surface area contributed by atoms with Gasteiger partial charge in [0.15, 0.2) is 0 Å². The van der Waals surface area contributed by atoms with Crippen LogP contribution in [0.25, 0.3) is 0 Å². The molecule has 0 bridgehead atoms. The number of rotatable bonds is 4. The Bertz CT molecular complexity index is 326. The normalized spacial score (nSPS) is 27.2. The van der Waals surface area contributed by atoms with Gasteiger partial charge in [0.2, 0.25) is 5.91 Å². The standard InChI is InChI=1S/C14H22N2O/c1-3-5-11(4-2)16-13(17)12-10-14(12)6-8-15-9-7-14/h1,11-12,15H,4-10H2,2H3,(H,16,17). The molecular formula is C14H22N2O. The van der Waals surface area contributed by atoms with Crippen LogP contribution in [-0.2, 0) is 4.79 Å². The second-order valence-electron chi connectivity index (χ2n) is 5.39. The smallest absolute Gasteiger partial charge is 0.223 e. The number of carbonyl (C=O) groups is 1. The van der Waals surface area contributed by atoms with Crippen LogP contribution in [0.5, 0.6) is 0 Å². The van der Waals surface area contributed by atoms with E-state index in [4.69, 9.17) is 6.42 Å². The molecule has 1 aliphatic carbocycles. The summed E-state index contributed by atoms with van der Waals surface area (Å²) >= 11 is 0. The summed E-state index contributed by atoms with van der Waals surface area (Å²) in [4.78, 5) is 12.1. The van der Waals surface area contributed by atoms with E-state index in [1.807, 2.05) is 0 Å². The van der Waals surface area contributed by atoms with Gasteiger partial charge in [-0.3, -0.25) is 4.79 Å². The molecule has 2 rings (SSSR count). The van der Waals surface area contributed by atoms with Gasteiger partial charge in [-0.2, -0.15) is 0 Å². The lowest BCUT2D eigenvalue weighted by Gasteiger charge is -2.24. The molecule has 94 valence electrons. The second-order valence-corrected chi connectivity index (χ2v) is 5.39. The molecule has 0 aromatic heterocycles. The molecule has 3 nitrogen and oxygen atoms in total. The van der Waals surface area contributed by atoms with Gasteiger partial charge in [-0.15, -0.1) is 12.3 Å². The fraction of sp³-hybridized carbons (Fsp3) is 0.786. The van der Waals surface area contributed by atoms with Crippen molar-refractivity contribution in [3.8, 4) is 12.3 Å². The number of piperidine rings is 1. The average molecular weight is 234 g/mol. The molecule has 2 atom stereocenters. The van der Waals surface area contributed by atoms with Gasteiger partial charge in [-0.1, -0.05) is 6.92 Å². The number of nitrogens with one attached hydrogen (secondary N) is 2. The van der Waals surface area contributed by atoms with E-state index in [2.05, 4.69) is 23.5 Å². The van der Waals surface area contributed by atoms with E-state index in [0.29, 0.717) is 11.8 Å². The van der Waals surface area contributed by atoms with Crippen LogP contribution < -0.4 is 10.6 Å².